The van der Waals surface area contributed by atoms with Crippen molar-refractivity contribution in [3.05, 3.63) is 167 Å². The summed E-state index contributed by atoms with van der Waals surface area (Å²) < 4.78 is 48.9. The molecule has 0 N–H and O–H groups in total. The Balaban J connectivity index is 1.43. The number of fused-ring (bicyclic) bond motifs is 6. The first-order chi connectivity index (χ1) is 28.6. The topological polar surface area (TPSA) is 57.4 Å². The molecule has 0 amide bonds. The van der Waals surface area contributed by atoms with Crippen molar-refractivity contribution in [2.45, 2.75) is 58.5 Å². The van der Waals surface area contributed by atoms with Crippen molar-refractivity contribution in [2.75, 3.05) is 0 Å². The first kappa shape index (κ1) is 38.4. The highest BCUT2D eigenvalue weighted by atomic mass is 19.4. The standard InChI is InChI=1S/C53H41F3N4/c1-51(2,3)35-20-24-46-40(28-35)38-13-7-9-15-44(38)59(46)48-23-19-33(37-22-18-32(30-57)26-43(37)53(54,55)56)27-42(48)50-34(31-58)12-11-17-49(50)60-45-16-10-8-14-39(45)41-29-36(52(4,5)6)21-25-47(41)60/h7-29H,1-6H3. The number of rotatable bonds is 4. The third-order valence-corrected chi connectivity index (χ3v) is 11.8. The van der Waals surface area contributed by atoms with Crippen LogP contribution in [0.2, 0.25) is 0 Å². The van der Waals surface area contributed by atoms with E-state index < -0.39 is 11.7 Å². The summed E-state index contributed by atoms with van der Waals surface area (Å²) in [6.45, 7) is 13.1. The number of nitriles is 2. The maximum atomic E-state index is 14.8. The molecule has 0 aliphatic rings. The van der Waals surface area contributed by atoms with Crippen molar-refractivity contribution in [3.8, 4) is 45.8 Å². The summed E-state index contributed by atoms with van der Waals surface area (Å²) in [6.07, 6.45) is -4.73. The molecule has 0 unspecified atom stereocenters. The first-order valence-electron chi connectivity index (χ1n) is 20.0. The Hall–Kier alpha value is -7.09. The minimum atomic E-state index is -4.73. The molecule has 7 aromatic carbocycles. The zero-order chi connectivity index (χ0) is 42.3. The van der Waals surface area contributed by atoms with Crippen LogP contribution >= 0.6 is 0 Å². The molecule has 9 aromatic rings. The number of nitrogens with zero attached hydrogens (tertiary/aromatic N) is 4. The van der Waals surface area contributed by atoms with Crippen LogP contribution in [0.4, 0.5) is 13.2 Å². The first-order valence-corrected chi connectivity index (χ1v) is 20.0. The van der Waals surface area contributed by atoms with Crippen LogP contribution in [-0.4, -0.2) is 9.13 Å². The summed E-state index contributed by atoms with van der Waals surface area (Å²) in [4.78, 5) is 0. The summed E-state index contributed by atoms with van der Waals surface area (Å²) in [5.41, 5.74) is 8.07. The number of para-hydroxylation sites is 2. The lowest BCUT2D eigenvalue weighted by Crippen LogP contribution is -2.10. The van der Waals surface area contributed by atoms with Gasteiger partial charge in [0.1, 0.15) is 0 Å². The molecule has 9 rings (SSSR count). The van der Waals surface area contributed by atoms with Gasteiger partial charge in [0, 0.05) is 32.7 Å². The van der Waals surface area contributed by atoms with Gasteiger partial charge in [-0.2, -0.15) is 23.7 Å². The van der Waals surface area contributed by atoms with E-state index in [-0.39, 0.29) is 22.0 Å². The van der Waals surface area contributed by atoms with Gasteiger partial charge in [0.25, 0.3) is 0 Å². The molecule has 0 aliphatic carbocycles. The van der Waals surface area contributed by atoms with Crippen molar-refractivity contribution >= 4 is 43.6 Å². The van der Waals surface area contributed by atoms with E-state index >= 15 is 0 Å². The Labute approximate surface area is 347 Å². The molecule has 0 saturated heterocycles. The van der Waals surface area contributed by atoms with E-state index in [1.807, 2.05) is 48.5 Å². The Kier molecular flexibility index (Phi) is 8.81. The molecular formula is C53H41F3N4. The van der Waals surface area contributed by atoms with E-state index in [0.717, 1.165) is 49.7 Å². The van der Waals surface area contributed by atoms with Crippen LogP contribution in [0.25, 0.3) is 77.2 Å². The summed E-state index contributed by atoms with van der Waals surface area (Å²) >= 11 is 0. The molecule has 2 aromatic heterocycles. The molecule has 0 radical (unpaired) electrons. The fraction of sp³-hybridized carbons (Fsp3) is 0.170. The van der Waals surface area contributed by atoms with E-state index in [1.54, 1.807) is 18.2 Å². The molecule has 0 aliphatic heterocycles. The molecule has 60 heavy (non-hydrogen) atoms. The zero-order valence-electron chi connectivity index (χ0n) is 34.2. The number of aromatic nitrogens is 2. The van der Waals surface area contributed by atoms with Crippen LogP contribution in [0.1, 0.15) is 69.4 Å². The predicted octanol–water partition coefficient (Wildman–Crippen LogP) is 14.6. The second-order valence-corrected chi connectivity index (χ2v) is 17.6. The van der Waals surface area contributed by atoms with Crippen LogP contribution in [0.5, 0.6) is 0 Å². The average molecular weight is 791 g/mol. The predicted molar refractivity (Wildman–Crippen MR) is 238 cm³/mol. The van der Waals surface area contributed by atoms with Gasteiger partial charge in [-0.15, -0.1) is 0 Å². The molecule has 7 heteroatoms. The van der Waals surface area contributed by atoms with Gasteiger partial charge in [0.2, 0.25) is 0 Å². The summed E-state index contributed by atoms with van der Waals surface area (Å²) in [5.74, 6) is 0. The van der Waals surface area contributed by atoms with Gasteiger partial charge in [-0.05, 0) is 106 Å². The number of hydrogen-bond donors (Lipinski definition) is 0. The lowest BCUT2D eigenvalue weighted by atomic mass is 9.86. The van der Waals surface area contributed by atoms with E-state index in [1.165, 1.54) is 23.3 Å². The third-order valence-electron chi connectivity index (χ3n) is 11.8. The van der Waals surface area contributed by atoms with Crippen molar-refractivity contribution < 1.29 is 13.2 Å². The molecule has 2 heterocycles. The largest absolute Gasteiger partial charge is 0.417 e. The van der Waals surface area contributed by atoms with E-state index in [4.69, 9.17) is 0 Å². The van der Waals surface area contributed by atoms with Gasteiger partial charge < -0.3 is 9.13 Å². The van der Waals surface area contributed by atoms with Gasteiger partial charge in [-0.25, -0.2) is 0 Å². The summed E-state index contributed by atoms with van der Waals surface area (Å²) in [7, 11) is 0. The molecule has 0 saturated carbocycles. The minimum Gasteiger partial charge on any atom is -0.309 e. The molecule has 294 valence electrons. The number of benzene rings is 7. The van der Waals surface area contributed by atoms with E-state index in [9.17, 15) is 23.7 Å². The van der Waals surface area contributed by atoms with Crippen LogP contribution in [0.3, 0.4) is 0 Å². The molecule has 0 fully saturated rings. The second-order valence-electron chi connectivity index (χ2n) is 17.6. The number of alkyl halides is 3. The van der Waals surface area contributed by atoms with Crippen molar-refractivity contribution in [1.29, 1.82) is 10.5 Å². The Bertz CT molecular complexity index is 3300. The normalized spacial score (nSPS) is 12.4. The molecular weight excluding hydrogens is 750 g/mol. The summed E-state index contributed by atoms with van der Waals surface area (Å²) in [6, 6.07) is 48.3. The fourth-order valence-electron chi connectivity index (χ4n) is 8.70. The lowest BCUT2D eigenvalue weighted by Gasteiger charge is -2.22. The third kappa shape index (κ3) is 6.21. The zero-order valence-corrected chi connectivity index (χ0v) is 34.2. The quantitative estimate of drug-likeness (QED) is 0.178. The highest BCUT2D eigenvalue weighted by Crippen LogP contribution is 2.46. The van der Waals surface area contributed by atoms with E-state index in [2.05, 4.69) is 117 Å². The highest BCUT2D eigenvalue weighted by molar-refractivity contribution is 6.12. The molecule has 0 atom stereocenters. The van der Waals surface area contributed by atoms with Gasteiger partial charge in [0.05, 0.1) is 62.3 Å². The van der Waals surface area contributed by atoms with Gasteiger partial charge in [-0.1, -0.05) is 108 Å². The fourth-order valence-corrected chi connectivity index (χ4v) is 8.70. The number of halogens is 3. The SMILES string of the molecule is CC(C)(C)c1ccc2c(c1)c1ccccc1n2-c1ccc(-c2ccc(C#N)cc2C(F)(F)F)cc1-c1c(C#N)cccc1-n1c2ccccc2c2cc(C(C)(C)C)ccc21. The van der Waals surface area contributed by atoms with Crippen LogP contribution in [0.15, 0.2) is 140 Å². The lowest BCUT2D eigenvalue weighted by molar-refractivity contribution is -0.137. The molecule has 4 nitrogen and oxygen atoms in total. The van der Waals surface area contributed by atoms with E-state index in [0.29, 0.717) is 33.6 Å². The second kappa shape index (κ2) is 13.8. The van der Waals surface area contributed by atoms with Gasteiger partial charge >= 0.3 is 6.18 Å². The number of hydrogen-bond acceptors (Lipinski definition) is 2. The van der Waals surface area contributed by atoms with Crippen molar-refractivity contribution in [2.24, 2.45) is 0 Å². The smallest absolute Gasteiger partial charge is 0.309 e. The van der Waals surface area contributed by atoms with Crippen LogP contribution in [0, 0.1) is 22.7 Å². The van der Waals surface area contributed by atoms with Crippen molar-refractivity contribution in [3.63, 3.8) is 0 Å². The van der Waals surface area contributed by atoms with Gasteiger partial charge in [-0.3, -0.25) is 0 Å². The monoisotopic (exact) mass is 790 g/mol. The van der Waals surface area contributed by atoms with Crippen molar-refractivity contribution in [1.82, 2.24) is 9.13 Å². The summed E-state index contributed by atoms with van der Waals surface area (Å²) in [5, 5.41) is 24.8. The highest BCUT2D eigenvalue weighted by Gasteiger charge is 2.35. The minimum absolute atomic E-state index is 0.0612. The maximum Gasteiger partial charge on any atom is 0.417 e. The Morgan fingerprint density at radius 2 is 1.02 bits per heavy atom. The van der Waals surface area contributed by atoms with Crippen LogP contribution in [-0.2, 0) is 17.0 Å². The molecule has 0 bridgehead atoms. The van der Waals surface area contributed by atoms with Crippen LogP contribution < -0.4 is 0 Å². The molecule has 0 spiro atoms. The maximum absolute atomic E-state index is 14.8. The average Bonchev–Trinajstić information content (AvgIpc) is 3.74. The Morgan fingerprint density at radius 1 is 0.467 bits per heavy atom. The van der Waals surface area contributed by atoms with Gasteiger partial charge in [0.15, 0.2) is 0 Å². The Morgan fingerprint density at radius 3 is 1.55 bits per heavy atom.